The van der Waals surface area contributed by atoms with Gasteiger partial charge in [-0.3, -0.25) is 19.2 Å². The summed E-state index contributed by atoms with van der Waals surface area (Å²) >= 11 is 0. The highest BCUT2D eigenvalue weighted by Crippen LogP contribution is 2.30. The van der Waals surface area contributed by atoms with Gasteiger partial charge in [-0.15, -0.1) is 0 Å². The molecule has 0 heterocycles. The molecular weight excluding hydrogens is 418 g/mol. The average Bonchev–Trinajstić information content (AvgIpc) is 2.67. The summed E-state index contributed by atoms with van der Waals surface area (Å²) in [5.41, 5.74) is 3.41. The van der Waals surface area contributed by atoms with Gasteiger partial charge in [-0.05, 0) is 50.8 Å². The Morgan fingerprint density at radius 1 is 1.13 bits per heavy atom. The number of nitrogens with one attached hydrogen (secondary N) is 1. The van der Waals surface area contributed by atoms with Gasteiger partial charge in [0.15, 0.2) is 0 Å². The Morgan fingerprint density at radius 2 is 1.74 bits per heavy atom. The third kappa shape index (κ3) is 5.61. The summed E-state index contributed by atoms with van der Waals surface area (Å²) in [6, 6.07) is 8.54. The van der Waals surface area contributed by atoms with E-state index in [0.717, 1.165) is 27.3 Å². The van der Waals surface area contributed by atoms with Crippen molar-refractivity contribution in [2.24, 2.45) is 0 Å². The maximum Gasteiger partial charge on any atom is 0.271 e. The standard InChI is InChI=1S/C22H29N3O5S/c1-7-20(22(26)23-17(5)19-12-14(2)8-9-15(19)3)24(31(6,29)30)21-13-18(25(27)28)11-10-16(21)4/h8-13,17,20H,7H2,1-6H3,(H,23,26)/t17-,20-/m0/s1. The summed E-state index contributed by atoms with van der Waals surface area (Å²) in [5, 5.41) is 14.1. The number of nitro groups is 1. The van der Waals surface area contributed by atoms with Gasteiger partial charge in [-0.1, -0.05) is 36.8 Å². The van der Waals surface area contributed by atoms with Crippen LogP contribution in [0.15, 0.2) is 36.4 Å². The van der Waals surface area contributed by atoms with Crippen LogP contribution in [0.1, 0.15) is 48.6 Å². The van der Waals surface area contributed by atoms with Crippen LogP contribution >= 0.6 is 0 Å². The molecule has 0 radical (unpaired) electrons. The molecule has 31 heavy (non-hydrogen) atoms. The first-order valence-corrected chi connectivity index (χ1v) is 11.8. The van der Waals surface area contributed by atoms with Gasteiger partial charge in [-0.25, -0.2) is 8.42 Å². The molecule has 1 amide bonds. The number of amides is 1. The van der Waals surface area contributed by atoms with E-state index in [-0.39, 0.29) is 23.8 Å². The molecule has 0 spiro atoms. The Labute approximate surface area is 183 Å². The number of nitrogens with zero attached hydrogens (tertiary/aromatic N) is 2. The van der Waals surface area contributed by atoms with E-state index in [1.807, 2.05) is 39.0 Å². The maximum atomic E-state index is 13.2. The number of benzene rings is 2. The molecule has 2 atom stereocenters. The summed E-state index contributed by atoms with van der Waals surface area (Å²) in [5.74, 6) is -0.466. The lowest BCUT2D eigenvalue weighted by Crippen LogP contribution is -2.50. The zero-order valence-electron chi connectivity index (χ0n) is 18.7. The molecule has 0 aliphatic heterocycles. The Bertz CT molecular complexity index is 1100. The fourth-order valence-electron chi connectivity index (χ4n) is 3.60. The molecule has 0 aliphatic carbocycles. The van der Waals surface area contributed by atoms with Crippen LogP contribution in [0.4, 0.5) is 11.4 Å². The summed E-state index contributed by atoms with van der Waals surface area (Å²) < 4.78 is 26.4. The first kappa shape index (κ1) is 24.3. The van der Waals surface area contributed by atoms with E-state index in [0.29, 0.717) is 5.56 Å². The molecule has 1 N–H and O–H groups in total. The molecule has 0 bridgehead atoms. The van der Waals surface area contributed by atoms with Crippen molar-refractivity contribution in [3.63, 3.8) is 0 Å². The number of nitro benzene ring substituents is 1. The third-order valence-electron chi connectivity index (χ3n) is 5.23. The van der Waals surface area contributed by atoms with E-state index in [2.05, 4.69) is 5.32 Å². The lowest BCUT2D eigenvalue weighted by atomic mass is 9.99. The largest absolute Gasteiger partial charge is 0.348 e. The van der Waals surface area contributed by atoms with Crippen LogP contribution in [0, 0.1) is 30.9 Å². The summed E-state index contributed by atoms with van der Waals surface area (Å²) in [6.07, 6.45) is 1.19. The second kappa shape index (κ2) is 9.47. The van der Waals surface area contributed by atoms with Crippen molar-refractivity contribution >= 4 is 27.3 Å². The third-order valence-corrected chi connectivity index (χ3v) is 6.40. The van der Waals surface area contributed by atoms with Gasteiger partial charge in [0, 0.05) is 12.1 Å². The average molecular weight is 448 g/mol. The number of rotatable bonds is 8. The summed E-state index contributed by atoms with van der Waals surface area (Å²) in [4.78, 5) is 23.8. The predicted molar refractivity (Wildman–Crippen MR) is 122 cm³/mol. The van der Waals surface area contributed by atoms with Gasteiger partial charge in [0.1, 0.15) is 6.04 Å². The Kier molecular flexibility index (Phi) is 7.43. The molecule has 8 nitrogen and oxygen atoms in total. The topological polar surface area (TPSA) is 110 Å². The molecule has 0 unspecified atom stereocenters. The monoisotopic (exact) mass is 447 g/mol. The molecule has 0 aliphatic rings. The van der Waals surface area contributed by atoms with Crippen LogP contribution in [-0.4, -0.2) is 31.5 Å². The van der Waals surface area contributed by atoms with Crippen LogP contribution < -0.4 is 9.62 Å². The highest BCUT2D eigenvalue weighted by atomic mass is 32.2. The van der Waals surface area contributed by atoms with Crippen LogP contribution in [-0.2, 0) is 14.8 Å². The van der Waals surface area contributed by atoms with Gasteiger partial charge >= 0.3 is 0 Å². The van der Waals surface area contributed by atoms with Crippen LogP contribution in [0.25, 0.3) is 0 Å². The van der Waals surface area contributed by atoms with Gasteiger partial charge in [0.2, 0.25) is 15.9 Å². The zero-order valence-corrected chi connectivity index (χ0v) is 19.5. The van der Waals surface area contributed by atoms with E-state index < -0.39 is 26.9 Å². The van der Waals surface area contributed by atoms with Gasteiger partial charge in [0.25, 0.3) is 5.69 Å². The van der Waals surface area contributed by atoms with Crippen molar-refractivity contribution < 1.29 is 18.1 Å². The summed E-state index contributed by atoms with van der Waals surface area (Å²) in [7, 11) is -3.90. The minimum Gasteiger partial charge on any atom is -0.348 e. The fraction of sp³-hybridized carbons (Fsp3) is 0.409. The number of anilines is 1. The molecule has 2 aromatic rings. The number of non-ortho nitro benzene ring substituents is 1. The molecule has 9 heteroatoms. The molecule has 0 aromatic heterocycles. The Balaban J connectivity index is 2.46. The van der Waals surface area contributed by atoms with Crippen LogP contribution in [0.3, 0.4) is 0 Å². The van der Waals surface area contributed by atoms with Gasteiger partial charge in [-0.2, -0.15) is 0 Å². The van der Waals surface area contributed by atoms with E-state index in [9.17, 15) is 23.3 Å². The van der Waals surface area contributed by atoms with Crippen molar-refractivity contribution in [3.8, 4) is 0 Å². The Morgan fingerprint density at radius 3 is 2.29 bits per heavy atom. The van der Waals surface area contributed by atoms with E-state index >= 15 is 0 Å². The first-order chi connectivity index (χ1) is 14.4. The fourth-order valence-corrected chi connectivity index (χ4v) is 4.86. The Hall–Kier alpha value is -2.94. The number of hydrogen-bond donors (Lipinski definition) is 1. The lowest BCUT2D eigenvalue weighted by Gasteiger charge is -2.32. The quantitative estimate of drug-likeness (QED) is 0.487. The van der Waals surface area contributed by atoms with Gasteiger partial charge in [0.05, 0.1) is 22.9 Å². The minimum atomic E-state index is -3.90. The normalized spacial score (nSPS) is 13.4. The minimum absolute atomic E-state index is 0.123. The van der Waals surface area contributed by atoms with E-state index in [1.165, 1.54) is 18.2 Å². The lowest BCUT2D eigenvalue weighted by molar-refractivity contribution is -0.384. The molecular formula is C22H29N3O5S. The number of carbonyl (C=O) groups is 1. The predicted octanol–water partition coefficient (Wildman–Crippen LogP) is 3.94. The van der Waals surface area contributed by atoms with Crippen LogP contribution in [0.5, 0.6) is 0 Å². The van der Waals surface area contributed by atoms with E-state index in [4.69, 9.17) is 0 Å². The molecule has 2 rings (SSSR count). The number of aryl methyl sites for hydroxylation is 3. The second-order valence-electron chi connectivity index (χ2n) is 7.80. The van der Waals surface area contributed by atoms with Crippen molar-refractivity contribution in [3.05, 3.63) is 68.8 Å². The molecule has 168 valence electrons. The second-order valence-corrected chi connectivity index (χ2v) is 9.66. The molecule has 0 fully saturated rings. The summed E-state index contributed by atoms with van der Waals surface area (Å²) in [6.45, 7) is 9.11. The van der Waals surface area contributed by atoms with E-state index in [1.54, 1.807) is 13.8 Å². The molecule has 0 saturated heterocycles. The zero-order chi connectivity index (χ0) is 23.5. The molecule has 0 saturated carbocycles. The van der Waals surface area contributed by atoms with Crippen LogP contribution in [0.2, 0.25) is 0 Å². The SMILES string of the molecule is CC[C@@H](C(=O)N[C@@H](C)c1cc(C)ccc1C)N(c1cc([N+](=O)[O-])ccc1C)S(C)(=O)=O. The number of sulfonamides is 1. The smallest absolute Gasteiger partial charge is 0.271 e. The van der Waals surface area contributed by atoms with Crippen molar-refractivity contribution in [2.75, 3.05) is 10.6 Å². The number of hydrogen-bond acceptors (Lipinski definition) is 5. The van der Waals surface area contributed by atoms with Crippen molar-refractivity contribution in [1.82, 2.24) is 5.32 Å². The maximum absolute atomic E-state index is 13.2. The van der Waals surface area contributed by atoms with Gasteiger partial charge < -0.3 is 5.32 Å². The highest BCUT2D eigenvalue weighted by molar-refractivity contribution is 7.92. The molecule has 2 aromatic carbocycles. The van der Waals surface area contributed by atoms with Crippen molar-refractivity contribution in [1.29, 1.82) is 0 Å². The highest BCUT2D eigenvalue weighted by Gasteiger charge is 2.34. The van der Waals surface area contributed by atoms with Crippen molar-refractivity contribution in [2.45, 2.75) is 53.1 Å². The first-order valence-electron chi connectivity index (χ1n) is 9.98. The number of carbonyl (C=O) groups excluding carboxylic acids is 1.